The Bertz CT molecular complexity index is 250. The summed E-state index contributed by atoms with van der Waals surface area (Å²) < 4.78 is 5.30. The van der Waals surface area contributed by atoms with Crippen LogP contribution in [-0.2, 0) is 9.53 Å². The molecule has 0 spiro atoms. The molecule has 0 atom stereocenters. The second kappa shape index (κ2) is 6.33. The van der Waals surface area contributed by atoms with Crippen molar-refractivity contribution in [3.05, 3.63) is 0 Å². The quantitative estimate of drug-likeness (QED) is 0.712. The van der Waals surface area contributed by atoms with Crippen LogP contribution < -0.4 is 5.73 Å². The first-order valence-electron chi connectivity index (χ1n) is 6.27. The van der Waals surface area contributed by atoms with E-state index in [4.69, 9.17) is 15.6 Å². The first-order chi connectivity index (χ1) is 8.07. The molecule has 1 fully saturated rings. The zero-order valence-corrected chi connectivity index (χ0v) is 10.8. The minimum Gasteiger partial charge on any atom is -0.395 e. The second-order valence-corrected chi connectivity index (χ2v) is 4.91. The van der Waals surface area contributed by atoms with E-state index in [1.807, 2.05) is 13.8 Å². The Morgan fingerprint density at radius 3 is 2.47 bits per heavy atom. The molecule has 0 aromatic heterocycles. The lowest BCUT2D eigenvalue weighted by Gasteiger charge is -2.40. The highest BCUT2D eigenvalue weighted by atomic mass is 16.5. The maximum Gasteiger partial charge on any atom is 0.230 e. The summed E-state index contributed by atoms with van der Waals surface area (Å²) in [5, 5.41) is 9.04. The minimum absolute atomic E-state index is 0.0128. The largest absolute Gasteiger partial charge is 0.395 e. The molecule has 1 amide bonds. The first kappa shape index (κ1) is 14.4. The van der Waals surface area contributed by atoms with Crippen molar-refractivity contribution in [2.45, 2.75) is 32.7 Å². The Kier molecular flexibility index (Phi) is 5.36. The van der Waals surface area contributed by atoms with E-state index in [1.165, 1.54) is 0 Å². The second-order valence-electron chi connectivity index (χ2n) is 4.91. The molecule has 1 rings (SSSR count). The number of ether oxygens (including phenoxy) is 1. The van der Waals surface area contributed by atoms with Crippen molar-refractivity contribution >= 4 is 5.91 Å². The average Bonchev–Trinajstić information content (AvgIpc) is 2.35. The average molecular weight is 244 g/mol. The fourth-order valence-electron chi connectivity index (χ4n) is 2.27. The van der Waals surface area contributed by atoms with E-state index in [-0.39, 0.29) is 18.6 Å². The molecule has 5 heteroatoms. The van der Waals surface area contributed by atoms with Gasteiger partial charge in [-0.3, -0.25) is 4.79 Å². The van der Waals surface area contributed by atoms with Gasteiger partial charge < -0.3 is 20.5 Å². The molecular weight excluding hydrogens is 220 g/mol. The van der Waals surface area contributed by atoms with Gasteiger partial charge >= 0.3 is 0 Å². The van der Waals surface area contributed by atoms with Gasteiger partial charge in [0.05, 0.1) is 12.0 Å². The summed E-state index contributed by atoms with van der Waals surface area (Å²) in [6, 6.07) is 0.0842. The van der Waals surface area contributed by atoms with Crippen molar-refractivity contribution in [2.24, 2.45) is 11.1 Å². The van der Waals surface area contributed by atoms with Gasteiger partial charge in [0.1, 0.15) is 0 Å². The highest BCUT2D eigenvalue weighted by molar-refractivity contribution is 5.83. The molecule has 1 aliphatic rings. The minimum atomic E-state index is -0.488. The van der Waals surface area contributed by atoms with Crippen LogP contribution in [0.15, 0.2) is 0 Å². The van der Waals surface area contributed by atoms with Crippen molar-refractivity contribution in [3.8, 4) is 0 Å². The molecule has 100 valence electrons. The Hall–Kier alpha value is -0.650. The fraction of sp³-hybridized carbons (Fsp3) is 0.917. The van der Waals surface area contributed by atoms with Gasteiger partial charge in [0.2, 0.25) is 5.91 Å². The Morgan fingerprint density at radius 2 is 2.06 bits per heavy atom. The monoisotopic (exact) mass is 244 g/mol. The fourth-order valence-corrected chi connectivity index (χ4v) is 2.27. The highest BCUT2D eigenvalue weighted by Crippen LogP contribution is 2.32. The number of carbonyl (C=O) groups excluding carboxylic acids is 1. The summed E-state index contributed by atoms with van der Waals surface area (Å²) in [5.74, 6) is 0.0624. The van der Waals surface area contributed by atoms with Gasteiger partial charge in [-0.15, -0.1) is 0 Å². The number of hydrogen-bond acceptors (Lipinski definition) is 4. The molecule has 0 unspecified atom stereocenters. The third-order valence-electron chi connectivity index (χ3n) is 3.52. The number of carbonyl (C=O) groups is 1. The van der Waals surface area contributed by atoms with E-state index >= 15 is 0 Å². The van der Waals surface area contributed by atoms with E-state index in [1.54, 1.807) is 4.90 Å². The Labute approximate surface area is 103 Å². The van der Waals surface area contributed by atoms with Gasteiger partial charge in [-0.2, -0.15) is 0 Å². The van der Waals surface area contributed by atoms with Crippen molar-refractivity contribution < 1.29 is 14.6 Å². The normalized spacial score (nSPS) is 19.4. The predicted octanol–water partition coefficient (Wildman–Crippen LogP) is -0.0288. The predicted molar refractivity (Wildman–Crippen MR) is 65.5 cm³/mol. The summed E-state index contributed by atoms with van der Waals surface area (Å²) in [5.41, 5.74) is 5.32. The number of rotatable bonds is 5. The van der Waals surface area contributed by atoms with Gasteiger partial charge in [0, 0.05) is 32.3 Å². The maximum atomic E-state index is 12.6. The number of aliphatic hydroxyl groups is 1. The maximum absolute atomic E-state index is 12.6. The molecular formula is C12H24N2O3. The highest BCUT2D eigenvalue weighted by Gasteiger charge is 2.41. The molecule has 1 saturated heterocycles. The van der Waals surface area contributed by atoms with E-state index in [0.717, 1.165) is 0 Å². The van der Waals surface area contributed by atoms with Crippen LogP contribution in [-0.4, -0.2) is 54.9 Å². The van der Waals surface area contributed by atoms with Crippen molar-refractivity contribution in [3.63, 3.8) is 0 Å². The molecule has 0 bridgehead atoms. The van der Waals surface area contributed by atoms with Gasteiger partial charge in [-0.05, 0) is 26.7 Å². The molecule has 0 saturated carbocycles. The van der Waals surface area contributed by atoms with E-state index in [2.05, 4.69) is 0 Å². The van der Waals surface area contributed by atoms with Crippen molar-refractivity contribution in [1.29, 1.82) is 0 Å². The Balaban J connectivity index is 2.81. The van der Waals surface area contributed by atoms with Crippen LogP contribution >= 0.6 is 0 Å². The van der Waals surface area contributed by atoms with Gasteiger partial charge in [-0.1, -0.05) is 0 Å². The van der Waals surface area contributed by atoms with Crippen LogP contribution in [0.25, 0.3) is 0 Å². The van der Waals surface area contributed by atoms with Crippen LogP contribution in [0.3, 0.4) is 0 Å². The number of nitrogens with zero attached hydrogens (tertiary/aromatic N) is 1. The van der Waals surface area contributed by atoms with Gasteiger partial charge in [-0.25, -0.2) is 0 Å². The number of hydrogen-bond donors (Lipinski definition) is 2. The standard InChI is InChI=1S/C12H24N2O3/c1-10(2)14(5-6-15)11(16)12(9-13)3-7-17-8-4-12/h10,15H,3-9,13H2,1-2H3. The smallest absolute Gasteiger partial charge is 0.230 e. The molecule has 0 radical (unpaired) electrons. The zero-order chi connectivity index (χ0) is 12.9. The summed E-state index contributed by atoms with van der Waals surface area (Å²) >= 11 is 0. The molecule has 0 aliphatic carbocycles. The summed E-state index contributed by atoms with van der Waals surface area (Å²) in [6.07, 6.45) is 1.36. The number of nitrogens with two attached hydrogens (primary N) is 1. The van der Waals surface area contributed by atoms with Gasteiger partial charge in [0.15, 0.2) is 0 Å². The SMILES string of the molecule is CC(C)N(CCO)C(=O)C1(CN)CCOCC1. The van der Waals surface area contributed by atoms with Crippen molar-refractivity contribution in [2.75, 3.05) is 32.9 Å². The Morgan fingerprint density at radius 1 is 1.47 bits per heavy atom. The van der Waals surface area contributed by atoms with Gasteiger partial charge in [0.25, 0.3) is 0 Å². The third kappa shape index (κ3) is 3.18. The zero-order valence-electron chi connectivity index (χ0n) is 10.8. The van der Waals surface area contributed by atoms with Crippen LogP contribution in [0.2, 0.25) is 0 Å². The van der Waals surface area contributed by atoms with Crippen LogP contribution in [0.1, 0.15) is 26.7 Å². The van der Waals surface area contributed by atoms with Crippen LogP contribution in [0, 0.1) is 5.41 Å². The number of amides is 1. The molecule has 3 N–H and O–H groups in total. The lowest BCUT2D eigenvalue weighted by atomic mass is 9.78. The first-order valence-corrected chi connectivity index (χ1v) is 6.27. The lowest BCUT2D eigenvalue weighted by molar-refractivity contribution is -0.149. The van der Waals surface area contributed by atoms with Crippen molar-refractivity contribution in [1.82, 2.24) is 4.90 Å². The summed E-state index contributed by atoms with van der Waals surface area (Å²) in [7, 11) is 0. The van der Waals surface area contributed by atoms with E-state index in [9.17, 15) is 4.79 Å². The molecule has 5 nitrogen and oxygen atoms in total. The number of aliphatic hydroxyl groups excluding tert-OH is 1. The topological polar surface area (TPSA) is 75.8 Å². The molecule has 1 heterocycles. The van der Waals surface area contributed by atoms with E-state index in [0.29, 0.717) is 39.1 Å². The lowest BCUT2D eigenvalue weighted by Crippen LogP contribution is -2.53. The molecule has 0 aromatic rings. The van der Waals surface area contributed by atoms with E-state index < -0.39 is 5.41 Å². The van der Waals surface area contributed by atoms with Crippen LogP contribution in [0.5, 0.6) is 0 Å². The summed E-state index contributed by atoms with van der Waals surface area (Å²) in [6.45, 7) is 5.81. The summed E-state index contributed by atoms with van der Waals surface area (Å²) in [4.78, 5) is 14.3. The molecule has 17 heavy (non-hydrogen) atoms. The third-order valence-corrected chi connectivity index (χ3v) is 3.52. The molecule has 1 aliphatic heterocycles. The molecule has 0 aromatic carbocycles. The van der Waals surface area contributed by atoms with Crippen LogP contribution in [0.4, 0.5) is 0 Å².